The number of anilines is 1. The third-order valence-electron chi connectivity index (χ3n) is 6.01. The molecular formula is C22H22ClF3N6O. The maximum absolute atomic E-state index is 13.3. The monoisotopic (exact) mass is 478 g/mol. The van der Waals surface area contributed by atoms with Crippen LogP contribution in [-0.4, -0.2) is 54.0 Å². The molecule has 1 aromatic carbocycles. The van der Waals surface area contributed by atoms with Crippen LogP contribution in [0.1, 0.15) is 24.0 Å². The number of piperazine rings is 1. The lowest BCUT2D eigenvalue weighted by Crippen LogP contribution is -2.45. The second kappa shape index (κ2) is 8.80. The van der Waals surface area contributed by atoms with Gasteiger partial charge in [0.2, 0.25) is 5.91 Å². The number of nitrogens with one attached hydrogen (secondary N) is 1. The van der Waals surface area contributed by atoms with Crippen LogP contribution in [0.3, 0.4) is 0 Å². The molecular weight excluding hydrogens is 457 g/mol. The molecule has 0 bridgehead atoms. The highest BCUT2D eigenvalue weighted by Crippen LogP contribution is 2.45. The number of benzene rings is 1. The molecule has 2 heterocycles. The zero-order valence-electron chi connectivity index (χ0n) is 17.9. The van der Waals surface area contributed by atoms with E-state index in [1.165, 1.54) is 18.3 Å². The molecule has 7 nitrogen and oxygen atoms in total. The number of aromatic nitrogens is 2. The number of nitriles is 1. The Kier molecular flexibility index (Phi) is 6.20. The van der Waals surface area contributed by atoms with Gasteiger partial charge in [0.25, 0.3) is 0 Å². The van der Waals surface area contributed by atoms with Crippen molar-refractivity contribution < 1.29 is 18.0 Å². The van der Waals surface area contributed by atoms with Crippen molar-refractivity contribution in [3.8, 4) is 17.5 Å². The van der Waals surface area contributed by atoms with Crippen molar-refractivity contribution in [2.24, 2.45) is 5.41 Å². The van der Waals surface area contributed by atoms with Crippen molar-refractivity contribution in [2.75, 3.05) is 38.1 Å². The van der Waals surface area contributed by atoms with Crippen LogP contribution in [0.25, 0.3) is 11.4 Å². The molecule has 2 aliphatic rings. The smallest absolute Gasteiger partial charge is 0.354 e. The van der Waals surface area contributed by atoms with E-state index >= 15 is 0 Å². The summed E-state index contributed by atoms with van der Waals surface area (Å²) < 4.78 is 40.0. The van der Waals surface area contributed by atoms with Crippen molar-refractivity contribution in [1.29, 1.82) is 5.26 Å². The molecule has 2 aromatic rings. The van der Waals surface area contributed by atoms with Crippen LogP contribution in [0.5, 0.6) is 0 Å². The van der Waals surface area contributed by atoms with Gasteiger partial charge in [-0.15, -0.1) is 0 Å². The number of alkyl halides is 3. The van der Waals surface area contributed by atoms with Crippen LogP contribution in [0.2, 0.25) is 5.02 Å². The molecule has 0 radical (unpaired) electrons. The normalized spacial score (nSPS) is 18.0. The molecule has 1 N–H and O–H groups in total. The first-order valence-corrected chi connectivity index (χ1v) is 10.9. The zero-order valence-corrected chi connectivity index (χ0v) is 18.7. The molecule has 1 saturated carbocycles. The summed E-state index contributed by atoms with van der Waals surface area (Å²) in [5.74, 6) is 0.362. The Hall–Kier alpha value is -2.90. The topological polar surface area (TPSA) is 85.2 Å². The summed E-state index contributed by atoms with van der Waals surface area (Å²) >= 11 is 5.75. The first-order chi connectivity index (χ1) is 15.6. The molecule has 0 unspecified atom stereocenters. The summed E-state index contributed by atoms with van der Waals surface area (Å²) in [7, 11) is 2.01. The minimum absolute atomic E-state index is 0.124. The van der Waals surface area contributed by atoms with Crippen molar-refractivity contribution in [3.05, 3.63) is 40.5 Å². The Morgan fingerprint density at radius 2 is 1.97 bits per heavy atom. The average molecular weight is 479 g/mol. The van der Waals surface area contributed by atoms with Crippen LogP contribution < -0.4 is 10.2 Å². The summed E-state index contributed by atoms with van der Waals surface area (Å²) in [5, 5.41) is 11.6. The van der Waals surface area contributed by atoms with Gasteiger partial charge in [0.15, 0.2) is 5.82 Å². The highest BCUT2D eigenvalue weighted by molar-refractivity contribution is 6.31. The molecule has 0 atom stereocenters. The van der Waals surface area contributed by atoms with E-state index in [1.807, 2.05) is 11.9 Å². The highest BCUT2D eigenvalue weighted by Gasteiger charge is 2.50. The zero-order chi connectivity index (χ0) is 23.8. The maximum atomic E-state index is 13.3. The predicted octanol–water partition coefficient (Wildman–Crippen LogP) is 3.49. The Balaban J connectivity index is 1.66. The van der Waals surface area contributed by atoms with Gasteiger partial charge in [-0.1, -0.05) is 11.6 Å². The molecule has 4 rings (SSSR count). The third-order valence-corrected chi connectivity index (χ3v) is 6.34. The van der Waals surface area contributed by atoms with E-state index < -0.39 is 22.2 Å². The van der Waals surface area contributed by atoms with E-state index in [2.05, 4.69) is 26.3 Å². The number of nitrogens with zero attached hydrogens (tertiary/aromatic N) is 5. The summed E-state index contributed by atoms with van der Waals surface area (Å²) in [5.41, 5.74) is -1.07. The number of amides is 1. The molecule has 1 amide bonds. The van der Waals surface area contributed by atoms with Crippen molar-refractivity contribution in [3.63, 3.8) is 0 Å². The molecule has 1 saturated heterocycles. The van der Waals surface area contributed by atoms with E-state index in [0.717, 1.165) is 19.2 Å². The Labute approximate surface area is 194 Å². The van der Waals surface area contributed by atoms with Gasteiger partial charge in [-0.3, -0.25) is 4.79 Å². The van der Waals surface area contributed by atoms with E-state index in [1.54, 1.807) is 0 Å². The number of hydrogen-bond acceptors (Lipinski definition) is 6. The van der Waals surface area contributed by atoms with Gasteiger partial charge in [0.05, 0.1) is 16.7 Å². The van der Waals surface area contributed by atoms with Gasteiger partial charge in [0, 0.05) is 50.0 Å². The average Bonchev–Trinajstić information content (AvgIpc) is 3.59. The predicted molar refractivity (Wildman–Crippen MR) is 116 cm³/mol. The van der Waals surface area contributed by atoms with Gasteiger partial charge in [-0.25, -0.2) is 9.97 Å². The first-order valence-electron chi connectivity index (χ1n) is 10.5. The van der Waals surface area contributed by atoms with Crippen LogP contribution in [0, 0.1) is 16.7 Å². The van der Waals surface area contributed by atoms with Crippen LogP contribution in [0.15, 0.2) is 24.4 Å². The molecule has 1 aliphatic heterocycles. The number of hydrogen-bond donors (Lipinski definition) is 1. The molecule has 1 aliphatic carbocycles. The summed E-state index contributed by atoms with van der Waals surface area (Å²) in [4.78, 5) is 25.5. The van der Waals surface area contributed by atoms with E-state index in [4.69, 9.17) is 11.6 Å². The van der Waals surface area contributed by atoms with Crippen LogP contribution in [-0.2, 0) is 17.5 Å². The minimum atomic E-state index is -4.60. The van der Waals surface area contributed by atoms with E-state index in [-0.39, 0.29) is 23.8 Å². The van der Waals surface area contributed by atoms with Gasteiger partial charge >= 0.3 is 6.18 Å². The lowest BCUT2D eigenvalue weighted by Gasteiger charge is -2.34. The molecule has 11 heteroatoms. The van der Waals surface area contributed by atoms with Gasteiger partial charge in [-0.05, 0) is 38.1 Å². The fraction of sp³-hybridized carbons (Fsp3) is 0.455. The number of carbonyl (C=O) groups excluding carboxylic acids is 1. The van der Waals surface area contributed by atoms with Crippen molar-refractivity contribution in [1.82, 2.24) is 20.2 Å². The summed E-state index contributed by atoms with van der Waals surface area (Å²) in [6.07, 6.45) is -2.01. The van der Waals surface area contributed by atoms with Gasteiger partial charge in [0.1, 0.15) is 11.2 Å². The second-order valence-electron chi connectivity index (χ2n) is 8.40. The number of likely N-dealkylation sites (N-methyl/N-ethyl adjacent to an activating group) is 1. The molecule has 0 spiro atoms. The second-order valence-corrected chi connectivity index (χ2v) is 8.81. The quantitative estimate of drug-likeness (QED) is 0.708. The van der Waals surface area contributed by atoms with E-state index in [0.29, 0.717) is 37.3 Å². The molecule has 33 heavy (non-hydrogen) atoms. The van der Waals surface area contributed by atoms with Crippen LogP contribution >= 0.6 is 11.6 Å². The standard InChI is InChI=1S/C22H22ClF3N6O/c1-31-6-8-32(9-7-31)19-15(12-29-20(33)21(13-27)4-5-21)11-28-18(30-19)14-2-3-17(23)16(10-14)22(24,25)26/h2-3,10-11H,4-9,12H2,1H3,(H,29,33). The number of halogens is 4. The number of rotatable bonds is 5. The summed E-state index contributed by atoms with van der Waals surface area (Å²) in [6, 6.07) is 5.64. The Bertz CT molecular complexity index is 1100. The highest BCUT2D eigenvalue weighted by atomic mass is 35.5. The Morgan fingerprint density at radius 1 is 1.27 bits per heavy atom. The fourth-order valence-corrected chi connectivity index (χ4v) is 3.92. The SMILES string of the molecule is CN1CCN(c2nc(-c3ccc(Cl)c(C(F)(F)F)c3)ncc2CNC(=O)C2(C#N)CC2)CC1. The Morgan fingerprint density at radius 3 is 2.58 bits per heavy atom. The maximum Gasteiger partial charge on any atom is 0.417 e. The third kappa shape index (κ3) is 4.89. The van der Waals surface area contributed by atoms with Crippen molar-refractivity contribution >= 4 is 23.3 Å². The molecule has 2 fully saturated rings. The fourth-order valence-electron chi connectivity index (χ4n) is 3.69. The first kappa shape index (κ1) is 23.3. The molecule has 1 aromatic heterocycles. The molecule has 174 valence electrons. The van der Waals surface area contributed by atoms with Gasteiger partial charge in [-0.2, -0.15) is 18.4 Å². The minimum Gasteiger partial charge on any atom is -0.354 e. The lowest BCUT2D eigenvalue weighted by atomic mass is 10.1. The van der Waals surface area contributed by atoms with Gasteiger partial charge < -0.3 is 15.1 Å². The lowest BCUT2D eigenvalue weighted by molar-refractivity contribution is -0.137. The summed E-state index contributed by atoms with van der Waals surface area (Å²) in [6.45, 7) is 3.05. The van der Waals surface area contributed by atoms with Crippen LogP contribution in [0.4, 0.5) is 19.0 Å². The van der Waals surface area contributed by atoms with Crippen molar-refractivity contribution in [2.45, 2.75) is 25.6 Å². The van der Waals surface area contributed by atoms with E-state index in [9.17, 15) is 23.2 Å². The largest absolute Gasteiger partial charge is 0.417 e. The number of carbonyl (C=O) groups is 1.